The molecule has 0 unspecified atom stereocenters. The molecular formula is C14H22ClN3O. The summed E-state index contributed by atoms with van der Waals surface area (Å²) in [7, 11) is 0. The van der Waals surface area contributed by atoms with Gasteiger partial charge in [0, 0.05) is 30.9 Å². The maximum absolute atomic E-state index is 12.5. The van der Waals surface area contributed by atoms with E-state index in [9.17, 15) is 4.79 Å². The average molecular weight is 284 g/mol. The fourth-order valence-corrected chi connectivity index (χ4v) is 2.67. The summed E-state index contributed by atoms with van der Waals surface area (Å²) in [5, 5.41) is 0. The van der Waals surface area contributed by atoms with Crippen molar-refractivity contribution >= 4 is 18.3 Å². The van der Waals surface area contributed by atoms with Crippen LogP contribution in [0, 0.1) is 0 Å². The molecule has 0 saturated heterocycles. The predicted molar refractivity (Wildman–Crippen MR) is 78.3 cm³/mol. The number of carbonyl (C=O) groups excluding carboxylic acids is 1. The van der Waals surface area contributed by atoms with Crippen LogP contribution in [0.1, 0.15) is 48.7 Å². The summed E-state index contributed by atoms with van der Waals surface area (Å²) in [5.41, 5.74) is 7.04. The molecule has 106 valence electrons. The van der Waals surface area contributed by atoms with E-state index in [1.165, 1.54) is 12.8 Å². The number of hydrogen-bond donors (Lipinski definition) is 1. The topological polar surface area (TPSA) is 59.2 Å². The van der Waals surface area contributed by atoms with Crippen molar-refractivity contribution in [1.82, 2.24) is 9.88 Å². The number of hydrogen-bond acceptors (Lipinski definition) is 3. The van der Waals surface area contributed by atoms with Crippen molar-refractivity contribution < 1.29 is 4.79 Å². The Kier molecular flexibility index (Phi) is 6.25. The first kappa shape index (κ1) is 15.9. The maximum atomic E-state index is 12.5. The number of amides is 1. The van der Waals surface area contributed by atoms with Crippen molar-refractivity contribution in [1.29, 1.82) is 0 Å². The Morgan fingerprint density at radius 1 is 1.47 bits per heavy atom. The molecule has 0 bridgehead atoms. The first-order valence-electron chi connectivity index (χ1n) is 6.72. The van der Waals surface area contributed by atoms with Crippen molar-refractivity contribution in [3.63, 3.8) is 0 Å². The van der Waals surface area contributed by atoms with E-state index in [0.29, 0.717) is 18.2 Å². The molecule has 0 aliphatic heterocycles. The van der Waals surface area contributed by atoms with Crippen molar-refractivity contribution in [3.05, 3.63) is 29.6 Å². The summed E-state index contributed by atoms with van der Waals surface area (Å²) in [6.07, 6.45) is 6.40. The highest BCUT2D eigenvalue weighted by molar-refractivity contribution is 5.94. The molecule has 0 spiro atoms. The molecule has 2 rings (SSSR count). The van der Waals surface area contributed by atoms with Gasteiger partial charge in [0.15, 0.2) is 0 Å². The van der Waals surface area contributed by atoms with Crippen LogP contribution in [0.25, 0.3) is 0 Å². The van der Waals surface area contributed by atoms with Crippen LogP contribution in [0.3, 0.4) is 0 Å². The lowest BCUT2D eigenvalue weighted by Crippen LogP contribution is -2.38. The van der Waals surface area contributed by atoms with Crippen LogP contribution in [0.5, 0.6) is 0 Å². The van der Waals surface area contributed by atoms with Crippen LogP contribution in [0.4, 0.5) is 0 Å². The molecule has 2 N–H and O–H groups in total. The fourth-order valence-electron chi connectivity index (χ4n) is 2.67. The zero-order valence-corrected chi connectivity index (χ0v) is 12.2. The van der Waals surface area contributed by atoms with Gasteiger partial charge in [0.05, 0.1) is 5.69 Å². The second-order valence-electron chi connectivity index (χ2n) is 4.77. The van der Waals surface area contributed by atoms with Crippen molar-refractivity contribution in [3.8, 4) is 0 Å². The predicted octanol–water partition coefficient (Wildman–Crippen LogP) is 2.37. The van der Waals surface area contributed by atoms with Gasteiger partial charge in [-0.1, -0.05) is 12.8 Å². The zero-order valence-electron chi connectivity index (χ0n) is 11.3. The van der Waals surface area contributed by atoms with Crippen molar-refractivity contribution in [2.75, 3.05) is 6.54 Å². The SMILES string of the molecule is CCN(C(=O)c1ccnc(CN)c1)C1CCCC1.Cl. The van der Waals surface area contributed by atoms with Gasteiger partial charge in [0.25, 0.3) is 5.91 Å². The molecule has 1 fully saturated rings. The van der Waals surface area contributed by atoms with E-state index in [-0.39, 0.29) is 18.3 Å². The van der Waals surface area contributed by atoms with E-state index in [1.54, 1.807) is 18.3 Å². The minimum Gasteiger partial charge on any atom is -0.336 e. The van der Waals surface area contributed by atoms with Crippen molar-refractivity contribution in [2.45, 2.75) is 45.2 Å². The lowest BCUT2D eigenvalue weighted by molar-refractivity contribution is 0.0693. The highest BCUT2D eigenvalue weighted by atomic mass is 35.5. The van der Waals surface area contributed by atoms with Gasteiger partial charge >= 0.3 is 0 Å². The maximum Gasteiger partial charge on any atom is 0.254 e. The van der Waals surface area contributed by atoms with Crippen LogP contribution in [-0.2, 0) is 6.54 Å². The van der Waals surface area contributed by atoms with E-state index in [1.807, 2.05) is 11.8 Å². The quantitative estimate of drug-likeness (QED) is 0.923. The lowest BCUT2D eigenvalue weighted by Gasteiger charge is -2.27. The van der Waals surface area contributed by atoms with E-state index in [2.05, 4.69) is 4.98 Å². The minimum absolute atomic E-state index is 0. The number of nitrogens with zero attached hydrogens (tertiary/aromatic N) is 2. The van der Waals surface area contributed by atoms with Gasteiger partial charge in [-0.05, 0) is 31.9 Å². The fraction of sp³-hybridized carbons (Fsp3) is 0.571. The summed E-state index contributed by atoms with van der Waals surface area (Å²) in [4.78, 5) is 18.6. The number of pyridine rings is 1. The molecule has 1 aromatic heterocycles. The number of nitrogens with two attached hydrogens (primary N) is 1. The van der Waals surface area contributed by atoms with Gasteiger partial charge in [0.1, 0.15) is 0 Å². The summed E-state index contributed by atoms with van der Waals surface area (Å²) < 4.78 is 0. The second-order valence-corrected chi connectivity index (χ2v) is 4.77. The number of carbonyl (C=O) groups is 1. The monoisotopic (exact) mass is 283 g/mol. The molecular weight excluding hydrogens is 262 g/mol. The van der Waals surface area contributed by atoms with Crippen LogP contribution >= 0.6 is 12.4 Å². The summed E-state index contributed by atoms with van der Waals surface area (Å²) in [6, 6.07) is 4.00. The Labute approximate surface area is 120 Å². The third-order valence-corrected chi connectivity index (χ3v) is 3.64. The van der Waals surface area contributed by atoms with E-state index < -0.39 is 0 Å². The van der Waals surface area contributed by atoms with Gasteiger partial charge in [0.2, 0.25) is 0 Å². The molecule has 1 aromatic rings. The van der Waals surface area contributed by atoms with Crippen LogP contribution in [-0.4, -0.2) is 28.4 Å². The molecule has 0 aromatic carbocycles. The van der Waals surface area contributed by atoms with Crippen LogP contribution in [0.15, 0.2) is 18.3 Å². The molecule has 0 atom stereocenters. The Morgan fingerprint density at radius 2 is 2.16 bits per heavy atom. The van der Waals surface area contributed by atoms with E-state index >= 15 is 0 Å². The van der Waals surface area contributed by atoms with Gasteiger partial charge < -0.3 is 10.6 Å². The largest absolute Gasteiger partial charge is 0.336 e. The Morgan fingerprint density at radius 3 is 2.74 bits per heavy atom. The third-order valence-electron chi connectivity index (χ3n) is 3.64. The number of halogens is 1. The normalized spacial score (nSPS) is 15.1. The highest BCUT2D eigenvalue weighted by Gasteiger charge is 2.26. The van der Waals surface area contributed by atoms with Gasteiger partial charge in [-0.2, -0.15) is 0 Å². The van der Waals surface area contributed by atoms with E-state index in [4.69, 9.17) is 5.73 Å². The van der Waals surface area contributed by atoms with Crippen LogP contribution in [0.2, 0.25) is 0 Å². The summed E-state index contributed by atoms with van der Waals surface area (Å²) in [6.45, 7) is 3.18. The smallest absolute Gasteiger partial charge is 0.254 e. The molecule has 1 amide bonds. The van der Waals surface area contributed by atoms with Gasteiger partial charge in [-0.15, -0.1) is 12.4 Å². The second kappa shape index (κ2) is 7.46. The Bertz CT molecular complexity index is 419. The molecule has 1 heterocycles. The summed E-state index contributed by atoms with van der Waals surface area (Å²) in [5.74, 6) is 0.113. The number of aromatic nitrogens is 1. The standard InChI is InChI=1S/C14H21N3O.ClH/c1-2-17(13-5-3-4-6-13)14(18)11-7-8-16-12(9-11)10-15;/h7-9,13H,2-6,10,15H2,1H3;1H. The minimum atomic E-state index is 0. The van der Waals surface area contributed by atoms with Gasteiger partial charge in [-0.3, -0.25) is 9.78 Å². The first-order chi connectivity index (χ1) is 8.76. The number of rotatable bonds is 4. The van der Waals surface area contributed by atoms with E-state index in [0.717, 1.165) is 25.1 Å². The molecule has 19 heavy (non-hydrogen) atoms. The molecule has 0 radical (unpaired) electrons. The molecule has 1 saturated carbocycles. The lowest BCUT2D eigenvalue weighted by atomic mass is 10.1. The molecule has 4 nitrogen and oxygen atoms in total. The Hall–Kier alpha value is -1.13. The van der Waals surface area contributed by atoms with Gasteiger partial charge in [-0.25, -0.2) is 0 Å². The molecule has 5 heteroatoms. The zero-order chi connectivity index (χ0) is 13.0. The first-order valence-corrected chi connectivity index (χ1v) is 6.72. The summed E-state index contributed by atoms with van der Waals surface area (Å²) >= 11 is 0. The Balaban J connectivity index is 0.00000180. The molecule has 1 aliphatic rings. The average Bonchev–Trinajstić information content (AvgIpc) is 2.93. The van der Waals surface area contributed by atoms with Crippen molar-refractivity contribution in [2.24, 2.45) is 5.73 Å². The van der Waals surface area contributed by atoms with Crippen LogP contribution < -0.4 is 5.73 Å². The third kappa shape index (κ3) is 3.67. The molecule has 1 aliphatic carbocycles. The highest BCUT2D eigenvalue weighted by Crippen LogP contribution is 2.24.